The van der Waals surface area contributed by atoms with Crippen LogP contribution in [0.1, 0.15) is 42.6 Å². The number of carboxylic acid groups (broad SMARTS) is 1. The summed E-state index contributed by atoms with van der Waals surface area (Å²) < 4.78 is 1.78. The highest BCUT2D eigenvalue weighted by atomic mass is 16.4. The molecule has 1 aromatic heterocycles. The van der Waals surface area contributed by atoms with Crippen molar-refractivity contribution in [2.45, 2.75) is 39.5 Å². The molecule has 1 N–H and O–H groups in total. The first kappa shape index (κ1) is 15.5. The van der Waals surface area contributed by atoms with Crippen LogP contribution in [0.3, 0.4) is 0 Å². The van der Waals surface area contributed by atoms with E-state index in [9.17, 15) is 9.59 Å². The SMILES string of the molecule is Cc1nn(C)c(C)c1C(C)C(=O)N1CCC[C@H](C(=O)O)C1. The Morgan fingerprint density at radius 2 is 2.05 bits per heavy atom. The quantitative estimate of drug-likeness (QED) is 0.915. The number of piperidine rings is 1. The van der Waals surface area contributed by atoms with Gasteiger partial charge in [-0.1, -0.05) is 0 Å². The fourth-order valence-corrected chi connectivity index (χ4v) is 3.19. The molecule has 1 unspecified atom stereocenters. The Labute approximate surface area is 124 Å². The molecule has 1 fully saturated rings. The smallest absolute Gasteiger partial charge is 0.308 e. The van der Waals surface area contributed by atoms with Crippen molar-refractivity contribution in [1.29, 1.82) is 0 Å². The van der Waals surface area contributed by atoms with E-state index in [0.29, 0.717) is 19.5 Å². The Balaban J connectivity index is 2.17. The Morgan fingerprint density at radius 1 is 1.38 bits per heavy atom. The second kappa shape index (κ2) is 5.87. The molecule has 1 aliphatic rings. The van der Waals surface area contributed by atoms with E-state index in [1.54, 1.807) is 9.58 Å². The van der Waals surface area contributed by atoms with E-state index >= 15 is 0 Å². The molecule has 0 spiro atoms. The van der Waals surface area contributed by atoms with Crippen LogP contribution in [0.4, 0.5) is 0 Å². The van der Waals surface area contributed by atoms with Crippen LogP contribution in [0.5, 0.6) is 0 Å². The summed E-state index contributed by atoms with van der Waals surface area (Å²) in [5.41, 5.74) is 2.81. The predicted octanol–water partition coefficient (Wildman–Crippen LogP) is 1.46. The lowest BCUT2D eigenvalue weighted by molar-refractivity contribution is -0.146. The van der Waals surface area contributed by atoms with Gasteiger partial charge in [0.2, 0.25) is 5.91 Å². The average molecular weight is 293 g/mol. The standard InChI is InChI=1S/C15H23N3O3/c1-9(13-10(2)16-17(4)11(13)3)14(19)18-7-5-6-12(8-18)15(20)21/h9,12H,5-8H2,1-4H3,(H,20,21)/t9?,12-/m0/s1. The van der Waals surface area contributed by atoms with Gasteiger partial charge in [0.05, 0.1) is 17.5 Å². The fraction of sp³-hybridized carbons (Fsp3) is 0.667. The van der Waals surface area contributed by atoms with Gasteiger partial charge in [0.25, 0.3) is 0 Å². The lowest BCUT2D eigenvalue weighted by Crippen LogP contribution is -2.44. The van der Waals surface area contributed by atoms with Gasteiger partial charge in [0.15, 0.2) is 0 Å². The van der Waals surface area contributed by atoms with E-state index in [1.165, 1.54) is 0 Å². The number of carbonyl (C=O) groups excluding carboxylic acids is 1. The minimum atomic E-state index is -0.811. The van der Waals surface area contributed by atoms with Gasteiger partial charge in [0, 0.05) is 31.4 Å². The molecule has 0 saturated carbocycles. The molecule has 0 bridgehead atoms. The molecule has 0 aromatic carbocycles. The lowest BCUT2D eigenvalue weighted by atomic mass is 9.93. The number of amides is 1. The number of aliphatic carboxylic acids is 1. The highest BCUT2D eigenvalue weighted by molar-refractivity contribution is 5.84. The molecule has 6 nitrogen and oxygen atoms in total. The van der Waals surface area contributed by atoms with Gasteiger partial charge in [-0.2, -0.15) is 5.10 Å². The first-order chi connectivity index (χ1) is 9.82. The summed E-state index contributed by atoms with van der Waals surface area (Å²) in [6, 6.07) is 0. The zero-order valence-electron chi connectivity index (χ0n) is 13.1. The topological polar surface area (TPSA) is 75.4 Å². The maximum absolute atomic E-state index is 12.7. The van der Waals surface area contributed by atoms with Crippen molar-refractivity contribution in [2.24, 2.45) is 13.0 Å². The third-order valence-corrected chi connectivity index (χ3v) is 4.45. The van der Waals surface area contributed by atoms with E-state index in [4.69, 9.17) is 5.11 Å². The first-order valence-corrected chi connectivity index (χ1v) is 7.34. The van der Waals surface area contributed by atoms with E-state index < -0.39 is 11.9 Å². The molecule has 0 radical (unpaired) electrons. The van der Waals surface area contributed by atoms with E-state index in [2.05, 4.69) is 5.10 Å². The number of likely N-dealkylation sites (tertiary alicyclic amines) is 1. The summed E-state index contributed by atoms with van der Waals surface area (Å²) in [5.74, 6) is -1.54. The number of rotatable bonds is 3. The molecule has 21 heavy (non-hydrogen) atoms. The summed E-state index contributed by atoms with van der Waals surface area (Å²) in [4.78, 5) is 25.5. The van der Waals surface area contributed by atoms with Crippen LogP contribution >= 0.6 is 0 Å². The maximum atomic E-state index is 12.7. The van der Waals surface area contributed by atoms with Crippen LogP contribution < -0.4 is 0 Å². The van der Waals surface area contributed by atoms with Gasteiger partial charge < -0.3 is 10.0 Å². The van der Waals surface area contributed by atoms with Gasteiger partial charge in [-0.05, 0) is 33.6 Å². The van der Waals surface area contributed by atoms with Crippen LogP contribution in [0, 0.1) is 19.8 Å². The monoisotopic (exact) mass is 293 g/mol. The van der Waals surface area contributed by atoms with Crippen molar-refractivity contribution in [3.63, 3.8) is 0 Å². The zero-order valence-corrected chi connectivity index (χ0v) is 13.1. The molecular formula is C15H23N3O3. The van der Waals surface area contributed by atoms with Crippen LogP contribution in [0.2, 0.25) is 0 Å². The van der Waals surface area contributed by atoms with Crippen molar-refractivity contribution < 1.29 is 14.7 Å². The van der Waals surface area contributed by atoms with E-state index in [1.807, 2.05) is 27.8 Å². The molecule has 116 valence electrons. The normalized spacial score (nSPS) is 20.4. The largest absolute Gasteiger partial charge is 0.481 e. The van der Waals surface area contributed by atoms with Crippen LogP contribution in [0.25, 0.3) is 0 Å². The van der Waals surface area contributed by atoms with E-state index in [-0.39, 0.29) is 11.8 Å². The summed E-state index contributed by atoms with van der Waals surface area (Å²) in [6.07, 6.45) is 1.40. The molecule has 2 rings (SSSR count). The molecule has 1 aliphatic heterocycles. The molecule has 6 heteroatoms. The van der Waals surface area contributed by atoms with Gasteiger partial charge in [-0.15, -0.1) is 0 Å². The molecule has 2 heterocycles. The van der Waals surface area contributed by atoms with Gasteiger partial charge in [0.1, 0.15) is 0 Å². The minimum absolute atomic E-state index is 0.000139. The number of aromatic nitrogens is 2. The average Bonchev–Trinajstić information content (AvgIpc) is 2.70. The van der Waals surface area contributed by atoms with Crippen LogP contribution in [-0.4, -0.2) is 44.8 Å². The Hall–Kier alpha value is -1.85. The van der Waals surface area contributed by atoms with Gasteiger partial charge >= 0.3 is 5.97 Å². The molecule has 1 amide bonds. The molecule has 0 aliphatic carbocycles. The molecule has 1 aromatic rings. The summed E-state index contributed by atoms with van der Waals surface area (Å²) in [5, 5.41) is 13.5. The number of aryl methyl sites for hydroxylation is 2. The lowest BCUT2D eigenvalue weighted by Gasteiger charge is -2.32. The fourth-order valence-electron chi connectivity index (χ4n) is 3.19. The highest BCUT2D eigenvalue weighted by Crippen LogP contribution is 2.27. The van der Waals surface area contributed by atoms with Gasteiger partial charge in [-0.25, -0.2) is 0 Å². The first-order valence-electron chi connectivity index (χ1n) is 7.34. The number of hydrogen-bond donors (Lipinski definition) is 1. The summed E-state index contributed by atoms with van der Waals surface area (Å²) in [6.45, 7) is 6.70. The Morgan fingerprint density at radius 3 is 2.57 bits per heavy atom. The van der Waals surface area contributed by atoms with Crippen molar-refractivity contribution >= 4 is 11.9 Å². The highest BCUT2D eigenvalue weighted by Gasteiger charge is 2.32. The third-order valence-electron chi connectivity index (χ3n) is 4.45. The maximum Gasteiger partial charge on any atom is 0.308 e. The van der Waals surface area contributed by atoms with Crippen molar-refractivity contribution in [1.82, 2.24) is 14.7 Å². The summed E-state index contributed by atoms with van der Waals surface area (Å²) in [7, 11) is 1.87. The zero-order chi connectivity index (χ0) is 15.7. The van der Waals surface area contributed by atoms with Crippen LogP contribution in [0.15, 0.2) is 0 Å². The second-order valence-electron chi connectivity index (χ2n) is 5.89. The van der Waals surface area contributed by atoms with Crippen molar-refractivity contribution in [3.8, 4) is 0 Å². The predicted molar refractivity (Wildman–Crippen MR) is 78.0 cm³/mol. The number of hydrogen-bond acceptors (Lipinski definition) is 3. The van der Waals surface area contributed by atoms with E-state index in [0.717, 1.165) is 23.4 Å². The molecule has 1 saturated heterocycles. The second-order valence-corrected chi connectivity index (χ2v) is 5.89. The van der Waals surface area contributed by atoms with Crippen LogP contribution in [-0.2, 0) is 16.6 Å². The molecule has 2 atom stereocenters. The van der Waals surface area contributed by atoms with Gasteiger partial charge in [-0.3, -0.25) is 14.3 Å². The van der Waals surface area contributed by atoms with Crippen molar-refractivity contribution in [2.75, 3.05) is 13.1 Å². The number of nitrogens with zero attached hydrogens (tertiary/aromatic N) is 3. The Bertz CT molecular complexity index is 565. The Kier molecular flexibility index (Phi) is 4.34. The minimum Gasteiger partial charge on any atom is -0.481 e. The number of carboxylic acids is 1. The molecular weight excluding hydrogens is 270 g/mol. The van der Waals surface area contributed by atoms with Crippen molar-refractivity contribution in [3.05, 3.63) is 17.0 Å². The third kappa shape index (κ3) is 2.94. The summed E-state index contributed by atoms with van der Waals surface area (Å²) >= 11 is 0. The number of carbonyl (C=O) groups is 2.